The standard InChI is InChI=1S/C31H32ClF3N8O/c1-3-42-12-14-43(15-13-42)22-9-11-25-28(17-22)41(2)29(38-25)27-18-26(39-40-27)19-4-6-20(7-5-19)36-30(44)37-21-8-10-24(32)23(16-21)31(33,34)35/h4-11,16-18,29,38H,3,12-15H2,1-2H3,(H,39,40)(H2,36,37,44). The third kappa shape index (κ3) is 6.13. The first-order valence-corrected chi connectivity index (χ1v) is 14.7. The highest BCUT2D eigenvalue weighted by molar-refractivity contribution is 6.31. The van der Waals surface area contributed by atoms with E-state index in [9.17, 15) is 18.0 Å². The van der Waals surface area contributed by atoms with Crippen molar-refractivity contribution in [2.24, 2.45) is 0 Å². The zero-order valence-electron chi connectivity index (χ0n) is 24.2. The van der Waals surface area contributed by atoms with E-state index in [1.165, 1.54) is 11.8 Å². The molecule has 13 heteroatoms. The maximum atomic E-state index is 13.1. The minimum absolute atomic E-state index is 0.0291. The Morgan fingerprint density at radius 2 is 1.68 bits per heavy atom. The molecule has 0 spiro atoms. The van der Waals surface area contributed by atoms with Crippen molar-refractivity contribution in [3.8, 4) is 11.3 Å². The van der Waals surface area contributed by atoms with Gasteiger partial charge in [0, 0.05) is 55.9 Å². The number of benzene rings is 3. The molecule has 1 saturated heterocycles. The van der Waals surface area contributed by atoms with Crippen molar-refractivity contribution in [1.82, 2.24) is 15.1 Å². The minimum atomic E-state index is -4.63. The highest BCUT2D eigenvalue weighted by Gasteiger charge is 2.33. The molecule has 0 radical (unpaired) electrons. The van der Waals surface area contributed by atoms with E-state index in [-0.39, 0.29) is 11.9 Å². The Bertz CT molecular complexity index is 1650. The van der Waals surface area contributed by atoms with E-state index in [0.717, 1.165) is 73.2 Å². The zero-order chi connectivity index (χ0) is 31.0. The van der Waals surface area contributed by atoms with Crippen LogP contribution in [0.15, 0.2) is 66.7 Å². The van der Waals surface area contributed by atoms with E-state index in [1.54, 1.807) is 12.1 Å². The number of urea groups is 1. The molecule has 2 aliphatic heterocycles. The fourth-order valence-electron chi connectivity index (χ4n) is 5.59. The number of nitrogens with zero attached hydrogens (tertiary/aromatic N) is 4. The molecular weight excluding hydrogens is 593 g/mol. The average molecular weight is 625 g/mol. The maximum absolute atomic E-state index is 13.1. The number of likely N-dealkylation sites (N-methyl/N-ethyl adjacent to an activating group) is 1. The van der Waals surface area contributed by atoms with Gasteiger partial charge in [-0.3, -0.25) is 5.10 Å². The van der Waals surface area contributed by atoms with Crippen LogP contribution in [0.25, 0.3) is 11.3 Å². The Morgan fingerprint density at radius 3 is 2.39 bits per heavy atom. The number of aromatic nitrogens is 2. The number of hydrogen-bond donors (Lipinski definition) is 4. The van der Waals surface area contributed by atoms with Crippen LogP contribution in [0, 0.1) is 0 Å². The molecular formula is C31H32ClF3N8O. The van der Waals surface area contributed by atoms with E-state index in [2.05, 4.69) is 73.0 Å². The molecule has 6 rings (SSSR count). The van der Waals surface area contributed by atoms with Crippen LogP contribution in [0.5, 0.6) is 0 Å². The Morgan fingerprint density at radius 1 is 0.977 bits per heavy atom. The van der Waals surface area contributed by atoms with Gasteiger partial charge in [0.25, 0.3) is 0 Å². The molecule has 44 heavy (non-hydrogen) atoms. The fourth-order valence-corrected chi connectivity index (χ4v) is 5.81. The number of carbonyl (C=O) groups excluding carboxylic acids is 1. The highest BCUT2D eigenvalue weighted by Crippen LogP contribution is 2.42. The van der Waals surface area contributed by atoms with Crippen molar-refractivity contribution in [2.75, 3.05) is 65.5 Å². The number of anilines is 5. The van der Waals surface area contributed by atoms with Gasteiger partial charge in [-0.1, -0.05) is 30.7 Å². The molecule has 2 aliphatic rings. The number of halogens is 4. The summed E-state index contributed by atoms with van der Waals surface area (Å²) < 4.78 is 39.4. The molecule has 1 aromatic heterocycles. The predicted octanol–water partition coefficient (Wildman–Crippen LogP) is 7.10. The Hall–Kier alpha value is -4.42. The lowest BCUT2D eigenvalue weighted by Gasteiger charge is -2.35. The lowest BCUT2D eigenvalue weighted by atomic mass is 10.1. The molecule has 0 bridgehead atoms. The van der Waals surface area contributed by atoms with Crippen LogP contribution in [0.1, 0.15) is 24.3 Å². The second kappa shape index (κ2) is 11.9. The molecule has 1 atom stereocenters. The lowest BCUT2D eigenvalue weighted by molar-refractivity contribution is -0.137. The SMILES string of the molecule is CCN1CCN(c2ccc3c(c2)N(C)C(c2cc(-c4ccc(NC(=O)Nc5ccc(Cl)c(C(F)(F)F)c5)cc4)n[nH]2)N3)CC1. The molecule has 9 nitrogen and oxygen atoms in total. The predicted molar refractivity (Wildman–Crippen MR) is 169 cm³/mol. The number of carbonyl (C=O) groups is 1. The Kier molecular flexibility index (Phi) is 8.04. The molecule has 2 amide bonds. The normalized spacial score (nSPS) is 16.9. The number of alkyl halides is 3. The van der Waals surface area contributed by atoms with Gasteiger partial charge in [-0.25, -0.2) is 4.79 Å². The van der Waals surface area contributed by atoms with Gasteiger partial charge in [-0.15, -0.1) is 0 Å². The van der Waals surface area contributed by atoms with E-state index < -0.39 is 22.8 Å². The second-order valence-electron chi connectivity index (χ2n) is 10.8. The maximum Gasteiger partial charge on any atom is 0.417 e. The number of nitrogens with one attached hydrogen (secondary N) is 4. The van der Waals surface area contributed by atoms with Crippen LogP contribution in [0.4, 0.5) is 46.4 Å². The smallest absolute Gasteiger partial charge is 0.369 e. The highest BCUT2D eigenvalue weighted by atomic mass is 35.5. The van der Waals surface area contributed by atoms with Crippen molar-refractivity contribution in [3.63, 3.8) is 0 Å². The number of fused-ring (bicyclic) bond motifs is 1. The van der Waals surface area contributed by atoms with E-state index in [4.69, 9.17) is 11.6 Å². The summed E-state index contributed by atoms with van der Waals surface area (Å²) in [6.07, 6.45) is -4.75. The van der Waals surface area contributed by atoms with E-state index in [0.29, 0.717) is 5.69 Å². The minimum Gasteiger partial charge on any atom is -0.369 e. The Balaban J connectivity index is 1.08. The first-order valence-electron chi connectivity index (χ1n) is 14.3. The molecule has 0 aliphatic carbocycles. The quantitative estimate of drug-likeness (QED) is 0.183. The van der Waals surface area contributed by atoms with Crippen LogP contribution in [-0.2, 0) is 6.18 Å². The van der Waals surface area contributed by atoms with Gasteiger partial charge < -0.3 is 30.7 Å². The summed E-state index contributed by atoms with van der Waals surface area (Å²) >= 11 is 5.65. The summed E-state index contributed by atoms with van der Waals surface area (Å²) in [6.45, 7) is 7.46. The molecule has 4 N–H and O–H groups in total. The third-order valence-electron chi connectivity index (χ3n) is 8.09. The zero-order valence-corrected chi connectivity index (χ0v) is 24.9. The monoisotopic (exact) mass is 624 g/mol. The molecule has 3 aromatic carbocycles. The van der Waals surface area contributed by atoms with Gasteiger partial charge in [0.15, 0.2) is 0 Å². The molecule has 1 fully saturated rings. The largest absolute Gasteiger partial charge is 0.417 e. The van der Waals surface area contributed by atoms with Crippen LogP contribution in [-0.4, -0.2) is 60.9 Å². The second-order valence-corrected chi connectivity index (χ2v) is 11.2. The van der Waals surface area contributed by atoms with Crippen molar-refractivity contribution < 1.29 is 18.0 Å². The van der Waals surface area contributed by atoms with Crippen molar-refractivity contribution in [2.45, 2.75) is 19.3 Å². The van der Waals surface area contributed by atoms with Crippen molar-refractivity contribution in [1.29, 1.82) is 0 Å². The van der Waals surface area contributed by atoms with E-state index >= 15 is 0 Å². The third-order valence-corrected chi connectivity index (χ3v) is 8.42. The summed E-state index contributed by atoms with van der Waals surface area (Å²) in [5.74, 6) is 0. The lowest BCUT2D eigenvalue weighted by Crippen LogP contribution is -2.46. The van der Waals surface area contributed by atoms with Gasteiger partial charge in [0.1, 0.15) is 6.17 Å². The topological polar surface area (TPSA) is 91.6 Å². The summed E-state index contributed by atoms with van der Waals surface area (Å²) in [5.41, 5.74) is 5.30. The van der Waals surface area contributed by atoms with Crippen molar-refractivity contribution >= 4 is 46.1 Å². The summed E-state index contributed by atoms with van der Waals surface area (Å²) in [6, 6.07) is 18.1. The summed E-state index contributed by atoms with van der Waals surface area (Å²) in [7, 11) is 2.06. The first kappa shape index (κ1) is 29.6. The van der Waals surface area contributed by atoms with Crippen LogP contribution in [0.2, 0.25) is 5.02 Å². The Labute approximate surface area is 258 Å². The van der Waals surface area contributed by atoms with Gasteiger partial charge in [0.2, 0.25) is 0 Å². The molecule has 1 unspecified atom stereocenters. The van der Waals surface area contributed by atoms with Crippen LogP contribution < -0.4 is 25.8 Å². The van der Waals surface area contributed by atoms with Crippen LogP contribution >= 0.6 is 11.6 Å². The summed E-state index contributed by atoms with van der Waals surface area (Å²) in [4.78, 5) is 19.5. The molecule has 0 saturated carbocycles. The van der Waals surface area contributed by atoms with Gasteiger partial charge in [-0.2, -0.15) is 18.3 Å². The number of hydrogen-bond acceptors (Lipinski definition) is 6. The number of rotatable bonds is 6. The van der Waals surface area contributed by atoms with E-state index in [1.807, 2.05) is 18.2 Å². The number of amides is 2. The molecule has 4 aromatic rings. The average Bonchev–Trinajstić information content (AvgIpc) is 3.62. The summed E-state index contributed by atoms with van der Waals surface area (Å²) in [5, 5.41) is 15.8. The van der Waals surface area contributed by atoms with Crippen LogP contribution in [0.3, 0.4) is 0 Å². The first-order chi connectivity index (χ1) is 21.1. The van der Waals surface area contributed by atoms with Gasteiger partial charge in [-0.05, 0) is 61.1 Å². The molecule has 3 heterocycles. The van der Waals surface area contributed by atoms with Crippen molar-refractivity contribution in [3.05, 3.63) is 83.0 Å². The number of aromatic amines is 1. The van der Waals surface area contributed by atoms with Gasteiger partial charge >= 0.3 is 12.2 Å². The molecule has 230 valence electrons. The fraction of sp³-hybridized carbons (Fsp3) is 0.290. The number of piperazine rings is 1. The number of H-pyrrole nitrogens is 1. The van der Waals surface area contributed by atoms with Gasteiger partial charge in [0.05, 0.1) is 33.3 Å².